The van der Waals surface area contributed by atoms with Crippen LogP contribution in [0.2, 0.25) is 0 Å². The minimum absolute atomic E-state index is 0.988. The third-order valence-corrected chi connectivity index (χ3v) is 2.48. The maximum absolute atomic E-state index is 4.08. The van der Waals surface area contributed by atoms with Gasteiger partial charge in [-0.25, -0.2) is 0 Å². The average molecular weight is 198 g/mol. The first kappa shape index (κ1) is 9.59. The Kier molecular flexibility index (Phi) is 2.59. The molecule has 0 aliphatic carbocycles. The zero-order valence-corrected chi connectivity index (χ0v) is 8.77. The number of nitrogens with zero attached hydrogens (tertiary/aromatic N) is 1. The van der Waals surface area contributed by atoms with Gasteiger partial charge in [-0.05, 0) is 18.2 Å². The van der Waals surface area contributed by atoms with E-state index in [0.29, 0.717) is 0 Å². The molecule has 2 heteroatoms. The van der Waals surface area contributed by atoms with Crippen molar-refractivity contribution in [3.8, 4) is 0 Å². The Morgan fingerprint density at radius 3 is 2.53 bits per heavy atom. The van der Waals surface area contributed by atoms with Crippen molar-refractivity contribution in [2.75, 3.05) is 11.9 Å². The monoisotopic (exact) mass is 198 g/mol. The fraction of sp³-hybridized carbons (Fsp3) is 0.0769. The maximum Gasteiger partial charge on any atom is 0.0423 e. The van der Waals surface area contributed by atoms with E-state index in [0.717, 1.165) is 16.9 Å². The number of nitrogens with one attached hydrogen (secondary N) is 1. The summed E-state index contributed by atoms with van der Waals surface area (Å²) in [6.07, 6.45) is 3.85. The molecule has 0 unspecified atom stereocenters. The van der Waals surface area contributed by atoms with Gasteiger partial charge in [-0.15, -0.1) is 0 Å². The minimum atomic E-state index is 0.988. The molecule has 0 bridgehead atoms. The van der Waals surface area contributed by atoms with E-state index < -0.39 is 0 Å². The van der Waals surface area contributed by atoms with Crippen molar-refractivity contribution >= 4 is 11.4 Å². The van der Waals surface area contributed by atoms with Gasteiger partial charge in [0.15, 0.2) is 0 Å². The highest BCUT2D eigenvalue weighted by Gasteiger charge is 2.06. The molecule has 0 aliphatic rings. The van der Waals surface area contributed by atoms with E-state index in [1.807, 2.05) is 43.7 Å². The van der Waals surface area contributed by atoms with Crippen LogP contribution in [0, 0.1) is 0 Å². The molecular formula is C13H14N2. The van der Waals surface area contributed by atoms with E-state index in [9.17, 15) is 0 Å². The van der Waals surface area contributed by atoms with Crippen LogP contribution in [0.3, 0.4) is 0 Å². The molecule has 0 fully saturated rings. The first-order valence-electron chi connectivity index (χ1n) is 4.90. The Bertz CT molecular complexity index is 429. The summed E-state index contributed by atoms with van der Waals surface area (Å²) in [5.74, 6) is 0. The van der Waals surface area contributed by atoms with Crippen molar-refractivity contribution in [2.24, 2.45) is 0 Å². The summed E-state index contributed by atoms with van der Waals surface area (Å²) in [6, 6.07) is 12.2. The summed E-state index contributed by atoms with van der Waals surface area (Å²) >= 11 is 0. The third kappa shape index (κ3) is 1.94. The molecule has 0 aliphatic heterocycles. The van der Waals surface area contributed by atoms with Crippen LogP contribution < -0.4 is 4.90 Å². The Labute approximate surface area is 89.9 Å². The normalized spacial score (nSPS) is 9.93. The number of aromatic nitrogens is 1. The number of anilines is 1. The molecular weight excluding hydrogens is 184 g/mol. The van der Waals surface area contributed by atoms with Gasteiger partial charge in [0.05, 0.1) is 0 Å². The molecule has 76 valence electrons. The Balaban J connectivity index is 2.23. The van der Waals surface area contributed by atoms with Crippen molar-refractivity contribution in [3.05, 3.63) is 60.9 Å². The van der Waals surface area contributed by atoms with Crippen molar-refractivity contribution in [2.45, 2.75) is 0 Å². The molecule has 2 nitrogen and oxygen atoms in total. The number of H-pyrrole nitrogens is 1. The molecule has 1 heterocycles. The second kappa shape index (κ2) is 4.05. The fourth-order valence-corrected chi connectivity index (χ4v) is 1.50. The number of aromatic amines is 1. The van der Waals surface area contributed by atoms with Crippen LogP contribution in [0.4, 0.5) is 5.69 Å². The van der Waals surface area contributed by atoms with Gasteiger partial charge in [0.1, 0.15) is 0 Å². The van der Waals surface area contributed by atoms with Crippen molar-refractivity contribution < 1.29 is 0 Å². The van der Waals surface area contributed by atoms with Gasteiger partial charge in [-0.1, -0.05) is 24.8 Å². The molecule has 1 aromatic carbocycles. The SMILES string of the molecule is C=C(c1cc[nH]c1)N(C)c1ccccc1. The molecule has 15 heavy (non-hydrogen) atoms. The molecule has 0 spiro atoms. The van der Waals surface area contributed by atoms with E-state index in [4.69, 9.17) is 0 Å². The van der Waals surface area contributed by atoms with Gasteiger partial charge >= 0.3 is 0 Å². The summed E-state index contributed by atoms with van der Waals surface area (Å²) in [6.45, 7) is 4.08. The van der Waals surface area contributed by atoms with Gasteiger partial charge in [0.25, 0.3) is 0 Å². The quantitative estimate of drug-likeness (QED) is 0.802. The molecule has 0 amide bonds. The van der Waals surface area contributed by atoms with Gasteiger partial charge in [0, 0.05) is 36.4 Å². The Morgan fingerprint density at radius 2 is 1.93 bits per heavy atom. The predicted octanol–water partition coefficient (Wildman–Crippen LogP) is 3.12. The highest BCUT2D eigenvalue weighted by Crippen LogP contribution is 2.22. The molecule has 0 saturated carbocycles. The molecule has 0 radical (unpaired) electrons. The molecule has 2 aromatic rings. The summed E-state index contributed by atoms with van der Waals surface area (Å²) in [4.78, 5) is 5.10. The average Bonchev–Trinajstić information content (AvgIpc) is 2.82. The predicted molar refractivity (Wildman–Crippen MR) is 64.7 cm³/mol. The second-order valence-electron chi connectivity index (χ2n) is 3.44. The topological polar surface area (TPSA) is 19.0 Å². The van der Waals surface area contributed by atoms with Crippen LogP contribution in [0.15, 0.2) is 55.4 Å². The van der Waals surface area contributed by atoms with Crippen LogP contribution in [0.1, 0.15) is 5.56 Å². The van der Waals surface area contributed by atoms with Crippen LogP contribution in [-0.4, -0.2) is 12.0 Å². The summed E-state index contributed by atoms with van der Waals surface area (Å²) in [7, 11) is 2.02. The molecule has 2 rings (SSSR count). The lowest BCUT2D eigenvalue weighted by Gasteiger charge is -2.20. The van der Waals surface area contributed by atoms with Crippen molar-refractivity contribution in [1.29, 1.82) is 0 Å². The Morgan fingerprint density at radius 1 is 1.20 bits per heavy atom. The van der Waals surface area contributed by atoms with E-state index in [2.05, 4.69) is 28.6 Å². The van der Waals surface area contributed by atoms with Crippen molar-refractivity contribution in [3.63, 3.8) is 0 Å². The minimum Gasteiger partial charge on any atom is -0.367 e. The van der Waals surface area contributed by atoms with Gasteiger partial charge in [0.2, 0.25) is 0 Å². The molecule has 0 atom stereocenters. The lowest BCUT2D eigenvalue weighted by Crippen LogP contribution is -2.13. The zero-order chi connectivity index (χ0) is 10.7. The van der Waals surface area contributed by atoms with E-state index in [-0.39, 0.29) is 0 Å². The Hall–Kier alpha value is -1.96. The lowest BCUT2D eigenvalue weighted by molar-refractivity contribution is 1.22. The maximum atomic E-state index is 4.08. The van der Waals surface area contributed by atoms with Gasteiger partial charge < -0.3 is 9.88 Å². The van der Waals surface area contributed by atoms with Crippen LogP contribution >= 0.6 is 0 Å². The number of hydrogen-bond donors (Lipinski definition) is 1. The number of rotatable bonds is 3. The zero-order valence-electron chi connectivity index (χ0n) is 8.77. The smallest absolute Gasteiger partial charge is 0.0423 e. The highest BCUT2D eigenvalue weighted by atomic mass is 15.1. The van der Waals surface area contributed by atoms with E-state index in [1.165, 1.54) is 0 Å². The number of benzene rings is 1. The lowest BCUT2D eigenvalue weighted by atomic mass is 10.2. The number of hydrogen-bond acceptors (Lipinski definition) is 1. The van der Waals surface area contributed by atoms with Crippen molar-refractivity contribution in [1.82, 2.24) is 4.98 Å². The van der Waals surface area contributed by atoms with Crippen LogP contribution in [0.25, 0.3) is 5.70 Å². The molecule has 1 aromatic heterocycles. The second-order valence-corrected chi connectivity index (χ2v) is 3.44. The first-order valence-corrected chi connectivity index (χ1v) is 4.90. The van der Waals surface area contributed by atoms with E-state index >= 15 is 0 Å². The van der Waals surface area contributed by atoms with Gasteiger partial charge in [-0.2, -0.15) is 0 Å². The van der Waals surface area contributed by atoms with Crippen LogP contribution in [-0.2, 0) is 0 Å². The van der Waals surface area contributed by atoms with Gasteiger partial charge in [-0.3, -0.25) is 0 Å². The summed E-state index contributed by atoms with van der Waals surface area (Å²) in [5.41, 5.74) is 3.24. The number of para-hydroxylation sites is 1. The standard InChI is InChI=1S/C13H14N2/c1-11(12-8-9-14-10-12)15(2)13-6-4-3-5-7-13/h3-10,14H,1H2,2H3. The molecule has 1 N–H and O–H groups in total. The molecule has 0 saturated heterocycles. The summed E-state index contributed by atoms with van der Waals surface area (Å²) in [5, 5.41) is 0. The largest absolute Gasteiger partial charge is 0.367 e. The summed E-state index contributed by atoms with van der Waals surface area (Å²) < 4.78 is 0. The highest BCUT2D eigenvalue weighted by molar-refractivity contribution is 5.76. The van der Waals surface area contributed by atoms with Crippen LogP contribution in [0.5, 0.6) is 0 Å². The third-order valence-electron chi connectivity index (χ3n) is 2.48. The first-order chi connectivity index (χ1) is 7.29. The fourth-order valence-electron chi connectivity index (χ4n) is 1.50. The van der Waals surface area contributed by atoms with E-state index in [1.54, 1.807) is 0 Å².